The smallest absolute Gasteiger partial charge is 0.224 e. The van der Waals surface area contributed by atoms with Gasteiger partial charge in [0.1, 0.15) is 5.82 Å². The number of anilines is 1. The number of nitrogens with one attached hydrogen (secondary N) is 1. The van der Waals surface area contributed by atoms with Gasteiger partial charge in [0, 0.05) is 17.8 Å². The quantitative estimate of drug-likeness (QED) is 0.643. The Hall–Kier alpha value is -0.830. The fourth-order valence-electron chi connectivity index (χ4n) is 2.45. The Morgan fingerprint density at radius 3 is 2.88 bits per heavy atom. The Bertz CT molecular complexity index is 381. The number of aromatic nitrogens is 2. The topological polar surface area (TPSA) is 37.8 Å². The van der Waals surface area contributed by atoms with E-state index in [0.717, 1.165) is 11.4 Å². The predicted molar refractivity (Wildman–Crippen MR) is 71.4 cm³/mol. The largest absolute Gasteiger partial charge is 0.367 e. The van der Waals surface area contributed by atoms with Crippen LogP contribution in [0.1, 0.15) is 44.6 Å². The van der Waals surface area contributed by atoms with Crippen molar-refractivity contribution in [3.8, 4) is 0 Å². The summed E-state index contributed by atoms with van der Waals surface area (Å²) in [7, 11) is 0. The Kier molecular flexibility index (Phi) is 4.21. The van der Waals surface area contributed by atoms with E-state index >= 15 is 0 Å². The van der Waals surface area contributed by atoms with Crippen LogP contribution in [-0.4, -0.2) is 16.0 Å². The van der Waals surface area contributed by atoms with Gasteiger partial charge in [0.2, 0.25) is 5.28 Å². The van der Waals surface area contributed by atoms with Crippen molar-refractivity contribution in [3.63, 3.8) is 0 Å². The summed E-state index contributed by atoms with van der Waals surface area (Å²) in [6, 6.07) is 0.516. The molecule has 0 saturated heterocycles. The lowest BCUT2D eigenvalue weighted by Crippen LogP contribution is -2.27. The van der Waals surface area contributed by atoms with Crippen molar-refractivity contribution in [2.24, 2.45) is 5.92 Å². The summed E-state index contributed by atoms with van der Waals surface area (Å²) in [6.07, 6.45) is 8.31. The standard InChI is InChI=1S/C13H20ClN3/c1-9-6-4-3-5-7-11(9)16-12-10(2)8-15-13(14)17-12/h8-9,11H,3-7H2,1-2H3,(H,15,16,17). The number of aryl methyl sites for hydroxylation is 1. The summed E-state index contributed by atoms with van der Waals surface area (Å²) in [4.78, 5) is 8.26. The second-order valence-electron chi connectivity index (χ2n) is 5.04. The molecule has 0 amide bonds. The third-order valence-corrected chi connectivity index (χ3v) is 3.81. The third-order valence-electron chi connectivity index (χ3n) is 3.63. The summed E-state index contributed by atoms with van der Waals surface area (Å²) in [6.45, 7) is 4.33. The zero-order valence-electron chi connectivity index (χ0n) is 10.5. The van der Waals surface area contributed by atoms with E-state index in [9.17, 15) is 0 Å². The van der Waals surface area contributed by atoms with E-state index in [2.05, 4.69) is 22.2 Å². The molecule has 2 atom stereocenters. The van der Waals surface area contributed by atoms with Gasteiger partial charge in [-0.2, -0.15) is 0 Å². The van der Waals surface area contributed by atoms with Crippen LogP contribution in [0.25, 0.3) is 0 Å². The number of nitrogens with zero attached hydrogens (tertiary/aromatic N) is 2. The van der Waals surface area contributed by atoms with E-state index in [1.165, 1.54) is 32.1 Å². The Labute approximate surface area is 108 Å². The molecule has 1 aromatic heterocycles. The van der Waals surface area contributed by atoms with E-state index < -0.39 is 0 Å². The van der Waals surface area contributed by atoms with Gasteiger partial charge < -0.3 is 5.32 Å². The third kappa shape index (κ3) is 3.32. The van der Waals surface area contributed by atoms with E-state index in [0.29, 0.717) is 17.2 Å². The molecule has 1 aliphatic rings. The molecular weight excluding hydrogens is 234 g/mol. The SMILES string of the molecule is Cc1cnc(Cl)nc1NC1CCCCCC1C. The second-order valence-corrected chi connectivity index (χ2v) is 5.37. The molecule has 1 aromatic rings. The summed E-state index contributed by atoms with van der Waals surface area (Å²) in [5.41, 5.74) is 1.06. The zero-order valence-corrected chi connectivity index (χ0v) is 11.3. The van der Waals surface area contributed by atoms with Gasteiger partial charge in [-0.1, -0.05) is 26.2 Å². The minimum atomic E-state index is 0.319. The van der Waals surface area contributed by atoms with Crippen molar-refractivity contribution in [3.05, 3.63) is 17.0 Å². The maximum atomic E-state index is 5.84. The lowest BCUT2D eigenvalue weighted by molar-refractivity contribution is 0.455. The molecule has 0 aliphatic heterocycles. The fourth-order valence-corrected chi connectivity index (χ4v) is 2.58. The molecule has 1 heterocycles. The highest BCUT2D eigenvalue weighted by Crippen LogP contribution is 2.26. The average Bonchev–Trinajstić information content (AvgIpc) is 2.50. The van der Waals surface area contributed by atoms with Crippen LogP contribution in [0.15, 0.2) is 6.20 Å². The first-order chi connectivity index (χ1) is 8.16. The van der Waals surface area contributed by atoms with E-state index in [1.54, 1.807) is 6.20 Å². The highest BCUT2D eigenvalue weighted by molar-refractivity contribution is 6.28. The Morgan fingerprint density at radius 1 is 1.29 bits per heavy atom. The average molecular weight is 254 g/mol. The van der Waals surface area contributed by atoms with Gasteiger partial charge in [-0.25, -0.2) is 9.97 Å². The first-order valence-corrected chi connectivity index (χ1v) is 6.80. The lowest BCUT2D eigenvalue weighted by Gasteiger charge is -2.24. The van der Waals surface area contributed by atoms with Crippen LogP contribution in [0.4, 0.5) is 5.82 Å². The molecule has 0 spiro atoms. The molecule has 2 unspecified atom stereocenters. The number of hydrogen-bond acceptors (Lipinski definition) is 3. The zero-order chi connectivity index (χ0) is 12.3. The van der Waals surface area contributed by atoms with Crippen LogP contribution in [0.5, 0.6) is 0 Å². The molecule has 17 heavy (non-hydrogen) atoms. The second kappa shape index (κ2) is 5.67. The molecule has 0 bridgehead atoms. The van der Waals surface area contributed by atoms with Crippen LogP contribution in [0, 0.1) is 12.8 Å². The van der Waals surface area contributed by atoms with Gasteiger partial charge in [-0.05, 0) is 37.3 Å². The lowest BCUT2D eigenvalue weighted by atomic mass is 9.97. The van der Waals surface area contributed by atoms with Crippen LogP contribution in [0.2, 0.25) is 5.28 Å². The van der Waals surface area contributed by atoms with Crippen molar-refractivity contribution in [1.82, 2.24) is 9.97 Å². The highest BCUT2D eigenvalue weighted by Gasteiger charge is 2.20. The Balaban J connectivity index is 2.10. The van der Waals surface area contributed by atoms with Gasteiger partial charge in [-0.15, -0.1) is 0 Å². The fraction of sp³-hybridized carbons (Fsp3) is 0.692. The predicted octanol–water partition coefficient (Wildman–Crippen LogP) is 3.82. The first-order valence-electron chi connectivity index (χ1n) is 6.42. The van der Waals surface area contributed by atoms with Gasteiger partial charge in [0.25, 0.3) is 0 Å². The van der Waals surface area contributed by atoms with Crippen molar-refractivity contribution in [2.75, 3.05) is 5.32 Å². The van der Waals surface area contributed by atoms with Gasteiger partial charge in [0.15, 0.2) is 0 Å². The molecule has 1 fully saturated rings. The number of halogens is 1. The molecule has 0 aromatic carbocycles. The minimum Gasteiger partial charge on any atom is -0.367 e. The van der Waals surface area contributed by atoms with Crippen molar-refractivity contribution in [1.29, 1.82) is 0 Å². The van der Waals surface area contributed by atoms with E-state index in [1.807, 2.05) is 6.92 Å². The van der Waals surface area contributed by atoms with Crippen LogP contribution >= 0.6 is 11.6 Å². The van der Waals surface area contributed by atoms with Crippen LogP contribution < -0.4 is 5.32 Å². The molecule has 1 saturated carbocycles. The summed E-state index contributed by atoms with van der Waals surface area (Å²) in [5.74, 6) is 1.59. The highest BCUT2D eigenvalue weighted by atomic mass is 35.5. The Morgan fingerprint density at radius 2 is 2.06 bits per heavy atom. The van der Waals surface area contributed by atoms with Crippen molar-refractivity contribution < 1.29 is 0 Å². The van der Waals surface area contributed by atoms with Crippen molar-refractivity contribution in [2.45, 2.75) is 52.0 Å². The summed E-state index contributed by atoms with van der Waals surface area (Å²) < 4.78 is 0. The molecular formula is C13H20ClN3. The maximum Gasteiger partial charge on any atom is 0.224 e. The molecule has 94 valence electrons. The number of hydrogen-bond donors (Lipinski definition) is 1. The van der Waals surface area contributed by atoms with E-state index in [4.69, 9.17) is 11.6 Å². The normalized spacial score (nSPS) is 25.4. The summed E-state index contributed by atoms with van der Waals surface area (Å²) >= 11 is 5.84. The summed E-state index contributed by atoms with van der Waals surface area (Å²) in [5, 5.41) is 3.86. The number of rotatable bonds is 2. The van der Waals surface area contributed by atoms with Crippen LogP contribution in [0.3, 0.4) is 0 Å². The maximum absolute atomic E-state index is 5.84. The van der Waals surface area contributed by atoms with E-state index in [-0.39, 0.29) is 0 Å². The molecule has 2 rings (SSSR count). The monoisotopic (exact) mass is 253 g/mol. The van der Waals surface area contributed by atoms with Gasteiger partial charge in [-0.3, -0.25) is 0 Å². The molecule has 1 aliphatic carbocycles. The van der Waals surface area contributed by atoms with Gasteiger partial charge in [0.05, 0.1) is 0 Å². The molecule has 4 heteroatoms. The van der Waals surface area contributed by atoms with Crippen LogP contribution in [-0.2, 0) is 0 Å². The first kappa shape index (κ1) is 12.6. The minimum absolute atomic E-state index is 0.319. The van der Waals surface area contributed by atoms with Gasteiger partial charge >= 0.3 is 0 Å². The molecule has 1 N–H and O–H groups in total. The molecule has 3 nitrogen and oxygen atoms in total. The molecule has 0 radical (unpaired) electrons. The van der Waals surface area contributed by atoms with Crippen molar-refractivity contribution >= 4 is 17.4 Å².